The standard InChI is InChI=1S/C12H13F2NO/c1-7-12(2,6-11(16)15-7)9-4-3-8(13)5-10(9)14/h3-5,7H,6H2,1-2H3,(H,15,16). The van der Waals surface area contributed by atoms with E-state index in [9.17, 15) is 13.6 Å². The summed E-state index contributed by atoms with van der Waals surface area (Å²) in [5.74, 6) is -1.29. The molecule has 0 bridgehead atoms. The van der Waals surface area contributed by atoms with Crippen LogP contribution in [-0.4, -0.2) is 11.9 Å². The van der Waals surface area contributed by atoms with E-state index in [0.717, 1.165) is 6.07 Å². The summed E-state index contributed by atoms with van der Waals surface area (Å²) in [6, 6.07) is 3.34. The molecule has 1 aliphatic heterocycles. The molecule has 16 heavy (non-hydrogen) atoms. The van der Waals surface area contributed by atoms with E-state index >= 15 is 0 Å². The first-order chi connectivity index (χ1) is 7.43. The molecular formula is C12H13F2NO. The van der Waals surface area contributed by atoms with Gasteiger partial charge in [0.2, 0.25) is 5.91 Å². The van der Waals surface area contributed by atoms with Crippen LogP contribution in [0.15, 0.2) is 18.2 Å². The van der Waals surface area contributed by atoms with Gasteiger partial charge in [-0.3, -0.25) is 4.79 Å². The quantitative estimate of drug-likeness (QED) is 0.779. The first-order valence-electron chi connectivity index (χ1n) is 5.18. The molecule has 1 aliphatic rings. The topological polar surface area (TPSA) is 29.1 Å². The molecule has 86 valence electrons. The van der Waals surface area contributed by atoms with Crippen molar-refractivity contribution in [3.63, 3.8) is 0 Å². The third-order valence-corrected chi connectivity index (χ3v) is 3.41. The summed E-state index contributed by atoms with van der Waals surface area (Å²) in [5.41, 5.74) is -0.214. The highest BCUT2D eigenvalue weighted by Gasteiger charge is 2.43. The largest absolute Gasteiger partial charge is 0.353 e. The number of carbonyl (C=O) groups excluding carboxylic acids is 1. The van der Waals surface area contributed by atoms with Crippen LogP contribution in [0.1, 0.15) is 25.8 Å². The fourth-order valence-electron chi connectivity index (χ4n) is 2.22. The molecule has 0 aliphatic carbocycles. The number of amides is 1. The molecule has 1 fully saturated rings. The Bertz CT molecular complexity index is 447. The molecule has 2 rings (SSSR count). The van der Waals surface area contributed by atoms with Crippen molar-refractivity contribution in [2.24, 2.45) is 0 Å². The van der Waals surface area contributed by atoms with Gasteiger partial charge in [-0.05, 0) is 18.6 Å². The normalized spacial score (nSPS) is 29.2. The van der Waals surface area contributed by atoms with Crippen molar-refractivity contribution >= 4 is 5.91 Å². The van der Waals surface area contributed by atoms with E-state index in [1.54, 1.807) is 0 Å². The SMILES string of the molecule is CC1NC(=O)CC1(C)c1ccc(F)cc1F. The average Bonchev–Trinajstić information content (AvgIpc) is 2.40. The summed E-state index contributed by atoms with van der Waals surface area (Å²) in [7, 11) is 0. The van der Waals surface area contributed by atoms with Gasteiger partial charge in [-0.15, -0.1) is 0 Å². The number of hydrogen-bond acceptors (Lipinski definition) is 1. The Balaban J connectivity index is 2.47. The van der Waals surface area contributed by atoms with Crippen molar-refractivity contribution in [1.82, 2.24) is 5.32 Å². The van der Waals surface area contributed by atoms with E-state index in [-0.39, 0.29) is 18.4 Å². The second kappa shape index (κ2) is 3.54. The molecule has 2 nitrogen and oxygen atoms in total. The molecular weight excluding hydrogens is 212 g/mol. The van der Waals surface area contributed by atoms with Crippen molar-refractivity contribution < 1.29 is 13.6 Å². The smallest absolute Gasteiger partial charge is 0.221 e. The van der Waals surface area contributed by atoms with E-state index in [4.69, 9.17) is 0 Å². The molecule has 1 amide bonds. The summed E-state index contributed by atoms with van der Waals surface area (Å²) in [4.78, 5) is 11.3. The first-order valence-corrected chi connectivity index (χ1v) is 5.18. The molecule has 0 radical (unpaired) electrons. The highest BCUT2D eigenvalue weighted by Crippen LogP contribution is 2.36. The maximum atomic E-state index is 13.7. The molecule has 0 saturated carbocycles. The van der Waals surface area contributed by atoms with Crippen LogP contribution in [0.5, 0.6) is 0 Å². The lowest BCUT2D eigenvalue weighted by Gasteiger charge is -2.28. The summed E-state index contributed by atoms with van der Waals surface area (Å²) >= 11 is 0. The lowest BCUT2D eigenvalue weighted by molar-refractivity contribution is -0.119. The van der Waals surface area contributed by atoms with Crippen LogP contribution in [0.4, 0.5) is 8.78 Å². The summed E-state index contributed by atoms with van der Waals surface area (Å²) in [6.07, 6.45) is 0.233. The van der Waals surface area contributed by atoms with E-state index in [1.807, 2.05) is 13.8 Å². The van der Waals surface area contributed by atoms with Gasteiger partial charge < -0.3 is 5.32 Å². The predicted molar refractivity (Wildman–Crippen MR) is 55.9 cm³/mol. The van der Waals surface area contributed by atoms with Crippen molar-refractivity contribution in [3.05, 3.63) is 35.4 Å². The maximum Gasteiger partial charge on any atom is 0.221 e. The molecule has 1 N–H and O–H groups in total. The molecule has 1 saturated heterocycles. The Morgan fingerprint density at radius 2 is 2.12 bits per heavy atom. The monoisotopic (exact) mass is 225 g/mol. The van der Waals surface area contributed by atoms with Crippen LogP contribution >= 0.6 is 0 Å². The van der Waals surface area contributed by atoms with Gasteiger partial charge in [0.25, 0.3) is 0 Å². The lowest BCUT2D eigenvalue weighted by Crippen LogP contribution is -2.36. The number of hydrogen-bond donors (Lipinski definition) is 1. The zero-order chi connectivity index (χ0) is 11.9. The van der Waals surface area contributed by atoms with Crippen molar-refractivity contribution in [2.75, 3.05) is 0 Å². The molecule has 1 aromatic rings. The number of rotatable bonds is 1. The summed E-state index contributed by atoms with van der Waals surface area (Å²) in [6.45, 7) is 3.64. The third-order valence-electron chi connectivity index (χ3n) is 3.41. The van der Waals surface area contributed by atoms with E-state index in [1.165, 1.54) is 12.1 Å². The van der Waals surface area contributed by atoms with Crippen LogP contribution in [0, 0.1) is 11.6 Å². The van der Waals surface area contributed by atoms with Gasteiger partial charge in [0, 0.05) is 23.9 Å². The first kappa shape index (κ1) is 11.0. The van der Waals surface area contributed by atoms with Crippen LogP contribution in [0.25, 0.3) is 0 Å². The summed E-state index contributed by atoms with van der Waals surface area (Å²) < 4.78 is 26.5. The second-order valence-corrected chi connectivity index (χ2v) is 4.51. The van der Waals surface area contributed by atoms with Crippen LogP contribution in [-0.2, 0) is 10.2 Å². The molecule has 1 heterocycles. The van der Waals surface area contributed by atoms with Crippen LogP contribution in [0.2, 0.25) is 0 Å². The Kier molecular flexibility index (Phi) is 2.45. The van der Waals surface area contributed by atoms with Gasteiger partial charge in [-0.1, -0.05) is 13.0 Å². The van der Waals surface area contributed by atoms with Crippen molar-refractivity contribution in [2.45, 2.75) is 31.7 Å². The fourth-order valence-corrected chi connectivity index (χ4v) is 2.22. The van der Waals surface area contributed by atoms with Gasteiger partial charge in [0.05, 0.1) is 0 Å². The van der Waals surface area contributed by atoms with Gasteiger partial charge in [0.15, 0.2) is 0 Å². The Hall–Kier alpha value is -1.45. The van der Waals surface area contributed by atoms with Gasteiger partial charge in [-0.2, -0.15) is 0 Å². The number of halogens is 2. The molecule has 2 atom stereocenters. The number of carbonyl (C=O) groups is 1. The zero-order valence-electron chi connectivity index (χ0n) is 9.18. The van der Waals surface area contributed by atoms with Gasteiger partial charge in [-0.25, -0.2) is 8.78 Å². The Labute approximate surface area is 92.7 Å². The highest BCUT2D eigenvalue weighted by molar-refractivity contribution is 5.81. The number of benzene rings is 1. The lowest BCUT2D eigenvalue weighted by atomic mass is 9.76. The molecule has 0 spiro atoms. The highest BCUT2D eigenvalue weighted by atomic mass is 19.1. The minimum atomic E-state index is -0.602. The van der Waals surface area contributed by atoms with Crippen LogP contribution < -0.4 is 5.32 Å². The maximum absolute atomic E-state index is 13.7. The molecule has 4 heteroatoms. The van der Waals surface area contributed by atoms with E-state index in [0.29, 0.717) is 5.56 Å². The Morgan fingerprint density at radius 1 is 1.44 bits per heavy atom. The predicted octanol–water partition coefficient (Wildman–Crippen LogP) is 2.13. The second-order valence-electron chi connectivity index (χ2n) is 4.51. The van der Waals surface area contributed by atoms with E-state index in [2.05, 4.69) is 5.32 Å². The zero-order valence-corrected chi connectivity index (χ0v) is 9.18. The number of nitrogens with one attached hydrogen (secondary N) is 1. The van der Waals surface area contributed by atoms with Gasteiger partial charge >= 0.3 is 0 Å². The van der Waals surface area contributed by atoms with Crippen LogP contribution in [0.3, 0.4) is 0 Å². The molecule has 0 aromatic heterocycles. The molecule has 1 aromatic carbocycles. The van der Waals surface area contributed by atoms with E-state index < -0.39 is 17.0 Å². The minimum absolute atomic E-state index is 0.0984. The van der Waals surface area contributed by atoms with Crippen molar-refractivity contribution in [1.29, 1.82) is 0 Å². The third kappa shape index (κ3) is 1.58. The average molecular weight is 225 g/mol. The molecule has 2 unspecified atom stereocenters. The minimum Gasteiger partial charge on any atom is -0.353 e. The summed E-state index contributed by atoms with van der Waals surface area (Å²) in [5, 5.41) is 2.75. The fraction of sp³-hybridized carbons (Fsp3) is 0.417. The van der Waals surface area contributed by atoms with Gasteiger partial charge in [0.1, 0.15) is 11.6 Å². The Morgan fingerprint density at radius 3 is 2.62 bits per heavy atom. The van der Waals surface area contributed by atoms with Crippen molar-refractivity contribution in [3.8, 4) is 0 Å².